The highest BCUT2D eigenvalue weighted by Gasteiger charge is 2.36. The zero-order chi connectivity index (χ0) is 20.1. The maximum Gasteiger partial charge on any atom is 0.290 e. The van der Waals surface area contributed by atoms with E-state index in [0.29, 0.717) is 17.5 Å². The SMILES string of the molecule is Nc1n[nH]c(CNC(=O)C2CC(=O)N(c3nc4ccccc4s3)C2)n1.O=CO. The van der Waals surface area contributed by atoms with Gasteiger partial charge in [-0.05, 0) is 12.1 Å². The summed E-state index contributed by atoms with van der Waals surface area (Å²) in [6.45, 7) is 0.262. The molecule has 11 nitrogen and oxygen atoms in total. The molecule has 1 unspecified atom stereocenters. The summed E-state index contributed by atoms with van der Waals surface area (Å²) < 4.78 is 1.01. The zero-order valence-corrected chi connectivity index (χ0v) is 15.3. The molecule has 0 aliphatic carbocycles. The third-order valence-corrected chi connectivity index (χ3v) is 5.05. The zero-order valence-electron chi connectivity index (χ0n) is 14.5. The van der Waals surface area contributed by atoms with Gasteiger partial charge in [-0.25, -0.2) is 4.98 Å². The van der Waals surface area contributed by atoms with Crippen LogP contribution in [0, 0.1) is 5.92 Å². The summed E-state index contributed by atoms with van der Waals surface area (Å²) in [5, 5.41) is 16.6. The van der Waals surface area contributed by atoms with Crippen LogP contribution in [0.15, 0.2) is 24.3 Å². The van der Waals surface area contributed by atoms with Crippen molar-refractivity contribution in [3.05, 3.63) is 30.1 Å². The minimum atomic E-state index is -0.417. The summed E-state index contributed by atoms with van der Waals surface area (Å²) in [6, 6.07) is 7.71. The van der Waals surface area contributed by atoms with Gasteiger partial charge in [-0.3, -0.25) is 24.4 Å². The van der Waals surface area contributed by atoms with Gasteiger partial charge in [0.25, 0.3) is 6.47 Å². The number of carbonyl (C=O) groups excluding carboxylic acids is 2. The smallest absolute Gasteiger partial charge is 0.290 e. The van der Waals surface area contributed by atoms with E-state index in [9.17, 15) is 9.59 Å². The van der Waals surface area contributed by atoms with Crippen molar-refractivity contribution in [2.75, 3.05) is 17.2 Å². The van der Waals surface area contributed by atoms with E-state index in [1.54, 1.807) is 4.90 Å². The fraction of sp³-hybridized carbons (Fsp3) is 0.250. The molecule has 2 aromatic heterocycles. The summed E-state index contributed by atoms with van der Waals surface area (Å²) >= 11 is 1.45. The Morgan fingerprint density at radius 3 is 2.86 bits per heavy atom. The first-order chi connectivity index (χ1) is 13.5. The number of benzene rings is 1. The number of aromatic nitrogens is 4. The van der Waals surface area contributed by atoms with Crippen LogP contribution in [-0.2, 0) is 20.9 Å². The molecule has 3 heterocycles. The second-order valence-corrected chi connectivity index (χ2v) is 6.84. The number of nitrogens with one attached hydrogen (secondary N) is 2. The van der Waals surface area contributed by atoms with E-state index < -0.39 is 5.92 Å². The molecular weight excluding hydrogens is 386 g/mol. The maximum atomic E-state index is 12.3. The summed E-state index contributed by atoms with van der Waals surface area (Å²) in [4.78, 5) is 43.0. The number of carbonyl (C=O) groups is 3. The summed E-state index contributed by atoms with van der Waals surface area (Å²) in [7, 11) is 0. The molecule has 2 amide bonds. The molecular formula is C16H17N7O4S. The molecule has 5 N–H and O–H groups in total. The molecule has 0 radical (unpaired) electrons. The van der Waals surface area contributed by atoms with Gasteiger partial charge < -0.3 is 16.2 Å². The Morgan fingerprint density at radius 2 is 2.18 bits per heavy atom. The summed E-state index contributed by atoms with van der Waals surface area (Å²) in [5.74, 6) is -0.115. The highest BCUT2D eigenvalue weighted by molar-refractivity contribution is 7.22. The first kappa shape index (κ1) is 19.2. The van der Waals surface area contributed by atoms with Gasteiger partial charge in [0, 0.05) is 13.0 Å². The largest absolute Gasteiger partial charge is 0.483 e. The van der Waals surface area contributed by atoms with Gasteiger partial charge in [0.15, 0.2) is 5.13 Å². The van der Waals surface area contributed by atoms with Gasteiger partial charge in [0.05, 0.1) is 22.7 Å². The van der Waals surface area contributed by atoms with Gasteiger partial charge in [-0.15, -0.1) is 5.10 Å². The topological polar surface area (TPSA) is 167 Å². The first-order valence-electron chi connectivity index (χ1n) is 8.20. The van der Waals surface area contributed by atoms with Gasteiger partial charge in [0.2, 0.25) is 17.8 Å². The number of nitrogens with two attached hydrogens (primary N) is 1. The van der Waals surface area contributed by atoms with Crippen LogP contribution >= 0.6 is 11.3 Å². The van der Waals surface area contributed by atoms with Crippen molar-refractivity contribution < 1.29 is 19.5 Å². The summed E-state index contributed by atoms with van der Waals surface area (Å²) in [6.07, 6.45) is 0.167. The number of para-hydroxylation sites is 1. The summed E-state index contributed by atoms with van der Waals surface area (Å²) in [5.41, 5.74) is 6.27. The Kier molecular flexibility index (Phi) is 5.79. The van der Waals surface area contributed by atoms with Gasteiger partial charge in [0.1, 0.15) is 5.82 Å². The Hall–Kier alpha value is -3.54. The highest BCUT2D eigenvalue weighted by Crippen LogP contribution is 2.32. The van der Waals surface area contributed by atoms with E-state index in [1.165, 1.54) is 11.3 Å². The number of rotatable bonds is 4. The van der Waals surface area contributed by atoms with Crippen molar-refractivity contribution >= 4 is 50.9 Å². The number of hydrogen-bond donors (Lipinski definition) is 4. The molecule has 1 fully saturated rings. The van der Waals surface area contributed by atoms with Crippen molar-refractivity contribution in [1.29, 1.82) is 0 Å². The average molecular weight is 403 g/mol. The molecule has 4 rings (SSSR count). The number of thiazole rings is 1. The number of fused-ring (bicyclic) bond motifs is 1. The second-order valence-electron chi connectivity index (χ2n) is 5.83. The van der Waals surface area contributed by atoms with E-state index in [1.807, 2.05) is 24.3 Å². The Bertz CT molecular complexity index is 969. The number of nitrogens with zero attached hydrogens (tertiary/aromatic N) is 4. The Balaban J connectivity index is 0.000000706. The number of carboxylic acid groups (broad SMARTS) is 1. The number of H-pyrrole nitrogens is 1. The van der Waals surface area contributed by atoms with Crippen molar-refractivity contribution in [2.24, 2.45) is 5.92 Å². The number of nitrogen functional groups attached to an aromatic ring is 1. The fourth-order valence-electron chi connectivity index (χ4n) is 2.75. The molecule has 1 atom stereocenters. The van der Waals surface area contributed by atoms with Crippen molar-refractivity contribution in [3.8, 4) is 0 Å². The quantitative estimate of drug-likeness (QED) is 0.453. The number of hydrogen-bond acceptors (Lipinski definition) is 8. The van der Waals surface area contributed by atoms with E-state index in [-0.39, 0.29) is 37.2 Å². The van der Waals surface area contributed by atoms with Crippen LogP contribution in [0.2, 0.25) is 0 Å². The lowest BCUT2D eigenvalue weighted by Crippen LogP contribution is -2.32. The maximum absolute atomic E-state index is 12.3. The molecule has 146 valence electrons. The van der Waals surface area contributed by atoms with Crippen LogP contribution < -0.4 is 16.0 Å². The van der Waals surface area contributed by atoms with Crippen molar-refractivity contribution in [2.45, 2.75) is 13.0 Å². The van der Waals surface area contributed by atoms with Crippen LogP contribution in [0.1, 0.15) is 12.2 Å². The predicted octanol–water partition coefficient (Wildman–Crippen LogP) is 0.367. The first-order valence-corrected chi connectivity index (χ1v) is 9.01. The predicted molar refractivity (Wildman–Crippen MR) is 101 cm³/mol. The Morgan fingerprint density at radius 1 is 1.43 bits per heavy atom. The molecule has 1 aliphatic rings. The third kappa shape index (κ3) is 4.23. The molecule has 3 aromatic rings. The molecule has 0 bridgehead atoms. The minimum Gasteiger partial charge on any atom is -0.483 e. The van der Waals surface area contributed by atoms with Crippen LogP contribution in [0.4, 0.5) is 11.1 Å². The van der Waals surface area contributed by atoms with E-state index in [2.05, 4.69) is 25.5 Å². The average Bonchev–Trinajstić information content (AvgIpc) is 3.38. The molecule has 1 aliphatic heterocycles. The number of anilines is 2. The minimum absolute atomic E-state index is 0.0943. The third-order valence-electron chi connectivity index (χ3n) is 3.99. The molecule has 1 saturated heterocycles. The lowest BCUT2D eigenvalue weighted by Gasteiger charge is -2.12. The second kappa shape index (κ2) is 8.43. The van der Waals surface area contributed by atoms with E-state index in [0.717, 1.165) is 10.2 Å². The molecule has 0 saturated carbocycles. The molecule has 28 heavy (non-hydrogen) atoms. The van der Waals surface area contributed by atoms with E-state index >= 15 is 0 Å². The van der Waals surface area contributed by atoms with Gasteiger partial charge >= 0.3 is 0 Å². The van der Waals surface area contributed by atoms with Gasteiger partial charge in [-0.2, -0.15) is 4.98 Å². The fourth-order valence-corrected chi connectivity index (χ4v) is 3.74. The molecule has 12 heteroatoms. The standard InChI is InChI=1S/C15H15N7O2S.CH2O2/c16-14-19-11(20-21-14)6-17-13(24)8-5-12(23)22(7-8)15-18-9-3-1-2-4-10(9)25-15;2-1-3/h1-4,8H,5-7H2,(H,17,24)(H3,16,19,20,21);1H,(H,2,3). The van der Waals surface area contributed by atoms with Crippen LogP contribution in [0.5, 0.6) is 0 Å². The number of aromatic amines is 1. The van der Waals surface area contributed by atoms with Crippen LogP contribution in [0.3, 0.4) is 0 Å². The lowest BCUT2D eigenvalue weighted by molar-refractivity contribution is -0.126. The number of amides is 2. The van der Waals surface area contributed by atoms with Crippen LogP contribution in [-0.4, -0.2) is 50.1 Å². The Labute approximate surface area is 162 Å². The van der Waals surface area contributed by atoms with E-state index in [4.69, 9.17) is 15.6 Å². The van der Waals surface area contributed by atoms with Crippen molar-refractivity contribution in [1.82, 2.24) is 25.5 Å². The van der Waals surface area contributed by atoms with Gasteiger partial charge in [-0.1, -0.05) is 23.5 Å². The molecule has 0 spiro atoms. The van der Waals surface area contributed by atoms with Crippen LogP contribution in [0.25, 0.3) is 10.2 Å². The highest BCUT2D eigenvalue weighted by atomic mass is 32.1. The van der Waals surface area contributed by atoms with Crippen molar-refractivity contribution in [3.63, 3.8) is 0 Å². The normalized spacial score (nSPS) is 15.9. The molecule has 1 aromatic carbocycles. The monoisotopic (exact) mass is 403 g/mol. The lowest BCUT2D eigenvalue weighted by atomic mass is 10.1.